The van der Waals surface area contributed by atoms with Crippen LogP contribution in [0.5, 0.6) is 5.88 Å². The molecule has 0 spiro atoms. The van der Waals surface area contributed by atoms with Crippen molar-refractivity contribution in [1.29, 1.82) is 5.26 Å². The van der Waals surface area contributed by atoms with E-state index in [9.17, 15) is 5.26 Å². The Balaban J connectivity index is 2.64. The largest absolute Gasteiger partial charge is 0.477 e. The molecule has 0 N–H and O–H groups in total. The lowest BCUT2D eigenvalue weighted by Crippen LogP contribution is -2.19. The Morgan fingerprint density at radius 1 is 1.41 bits per heavy atom. The third kappa shape index (κ3) is 5.51. The number of nitrogens with zero attached hydrogens (tertiary/aromatic N) is 5. The number of thiazole rings is 1. The lowest BCUT2D eigenvalue weighted by atomic mass is 9.95. The number of nitriles is 1. The third-order valence-electron chi connectivity index (χ3n) is 3.67. The van der Waals surface area contributed by atoms with E-state index in [2.05, 4.69) is 55.4 Å². The van der Waals surface area contributed by atoms with Crippen LogP contribution in [0, 0.1) is 17.4 Å². The molecule has 0 amide bonds. The fourth-order valence-corrected chi connectivity index (χ4v) is 3.49. The molecule has 144 valence electrons. The van der Waals surface area contributed by atoms with Crippen molar-refractivity contribution >= 4 is 17.2 Å². The molecule has 2 aromatic rings. The topological polar surface area (TPSA) is 75.6 Å². The Bertz CT molecular complexity index is 909. The van der Waals surface area contributed by atoms with E-state index >= 15 is 0 Å². The van der Waals surface area contributed by atoms with E-state index in [1.165, 1.54) is 4.88 Å². The van der Waals surface area contributed by atoms with Gasteiger partial charge in [-0.25, -0.2) is 4.98 Å². The summed E-state index contributed by atoms with van der Waals surface area (Å²) in [5, 5.41) is 9.18. The Hall–Kier alpha value is -2.46. The molecule has 0 bridgehead atoms. The lowest BCUT2D eigenvalue weighted by Gasteiger charge is -2.14. The zero-order valence-electron chi connectivity index (χ0n) is 16.9. The standard InChI is InChI=1S/C20H27N5OS/c1-7-26-18-15(9-8-10-22-18)17(23-13-21)24-19-25(11-14(2)3)12-16(27-19)20(4,5)6/h8-10,12,14H,7,11H2,1-6H3. The lowest BCUT2D eigenvalue weighted by molar-refractivity contribution is 0.326. The summed E-state index contributed by atoms with van der Waals surface area (Å²) in [6.07, 6.45) is 5.67. The summed E-state index contributed by atoms with van der Waals surface area (Å²) in [6.45, 7) is 14.1. The molecule has 27 heavy (non-hydrogen) atoms. The summed E-state index contributed by atoms with van der Waals surface area (Å²) in [7, 11) is 0. The van der Waals surface area contributed by atoms with E-state index < -0.39 is 0 Å². The molecule has 0 aliphatic heterocycles. The minimum Gasteiger partial charge on any atom is -0.477 e. The number of amidine groups is 1. The summed E-state index contributed by atoms with van der Waals surface area (Å²) < 4.78 is 7.73. The highest BCUT2D eigenvalue weighted by molar-refractivity contribution is 7.09. The van der Waals surface area contributed by atoms with Crippen molar-refractivity contribution in [3.05, 3.63) is 39.8 Å². The van der Waals surface area contributed by atoms with E-state index in [-0.39, 0.29) is 5.41 Å². The minimum atomic E-state index is 0.0223. The molecule has 0 fully saturated rings. The molecule has 6 nitrogen and oxygen atoms in total. The monoisotopic (exact) mass is 385 g/mol. The maximum absolute atomic E-state index is 9.18. The van der Waals surface area contributed by atoms with Crippen LogP contribution in [0.4, 0.5) is 0 Å². The maximum Gasteiger partial charge on any atom is 0.224 e. The van der Waals surface area contributed by atoms with Crippen molar-refractivity contribution in [3.63, 3.8) is 0 Å². The molecule has 0 aliphatic rings. The zero-order valence-corrected chi connectivity index (χ0v) is 17.7. The minimum absolute atomic E-state index is 0.0223. The second-order valence-corrected chi connectivity index (χ2v) is 8.62. The van der Waals surface area contributed by atoms with Crippen molar-refractivity contribution in [1.82, 2.24) is 9.55 Å². The first-order chi connectivity index (χ1) is 12.8. The van der Waals surface area contributed by atoms with Crippen molar-refractivity contribution in [2.45, 2.75) is 53.5 Å². The predicted molar refractivity (Wildman–Crippen MR) is 109 cm³/mol. The smallest absolute Gasteiger partial charge is 0.224 e. The second kappa shape index (κ2) is 8.96. The Labute approximate surface area is 164 Å². The molecule has 2 rings (SSSR count). The highest BCUT2D eigenvalue weighted by Crippen LogP contribution is 2.25. The molecule has 2 aromatic heterocycles. The van der Waals surface area contributed by atoms with E-state index in [0.717, 1.165) is 11.3 Å². The van der Waals surface area contributed by atoms with Gasteiger partial charge in [-0.3, -0.25) is 0 Å². The average Bonchev–Trinajstić information content (AvgIpc) is 2.97. The molecular formula is C20H27N5OS. The Kier molecular flexibility index (Phi) is 6.92. The van der Waals surface area contributed by atoms with Crippen LogP contribution in [0.1, 0.15) is 52.0 Å². The fraction of sp³-hybridized carbons (Fsp3) is 0.500. The van der Waals surface area contributed by atoms with Crippen LogP contribution in [0.2, 0.25) is 0 Å². The van der Waals surface area contributed by atoms with Crippen LogP contribution in [0.25, 0.3) is 0 Å². The van der Waals surface area contributed by atoms with Gasteiger partial charge in [-0.05, 0) is 30.4 Å². The number of hydrogen-bond acceptors (Lipinski definition) is 5. The Morgan fingerprint density at radius 2 is 2.15 bits per heavy atom. The molecule has 0 atom stereocenters. The van der Waals surface area contributed by atoms with Crippen molar-refractivity contribution in [2.75, 3.05) is 6.61 Å². The first kappa shape index (κ1) is 20.8. The van der Waals surface area contributed by atoms with Crippen LogP contribution in [0.3, 0.4) is 0 Å². The summed E-state index contributed by atoms with van der Waals surface area (Å²) in [4.78, 5) is 15.0. The van der Waals surface area contributed by atoms with E-state index in [4.69, 9.17) is 9.73 Å². The zero-order chi connectivity index (χ0) is 20.0. The first-order valence-corrected chi connectivity index (χ1v) is 9.88. The van der Waals surface area contributed by atoms with Gasteiger partial charge in [0.05, 0.1) is 12.2 Å². The van der Waals surface area contributed by atoms with Crippen LogP contribution < -0.4 is 9.54 Å². The molecule has 0 aromatic carbocycles. The van der Waals surface area contributed by atoms with Crippen molar-refractivity contribution in [3.8, 4) is 12.1 Å². The van der Waals surface area contributed by atoms with Gasteiger partial charge in [0.25, 0.3) is 0 Å². The van der Waals surface area contributed by atoms with Crippen molar-refractivity contribution < 1.29 is 4.74 Å². The van der Waals surface area contributed by atoms with E-state index in [0.29, 0.717) is 29.8 Å². The summed E-state index contributed by atoms with van der Waals surface area (Å²) in [5.41, 5.74) is 0.636. The van der Waals surface area contributed by atoms with Crippen LogP contribution in [-0.2, 0) is 12.0 Å². The number of ether oxygens (including phenoxy) is 1. The molecule has 0 unspecified atom stereocenters. The molecule has 0 aliphatic carbocycles. The van der Waals surface area contributed by atoms with Gasteiger partial charge in [-0.2, -0.15) is 15.2 Å². The fourth-order valence-electron chi connectivity index (χ4n) is 2.43. The number of pyridine rings is 1. The second-order valence-electron chi connectivity index (χ2n) is 7.61. The molecule has 7 heteroatoms. The number of hydrogen-bond donors (Lipinski definition) is 0. The molecule has 0 radical (unpaired) electrons. The van der Waals surface area contributed by atoms with Crippen LogP contribution >= 0.6 is 11.3 Å². The molecule has 0 saturated heterocycles. The first-order valence-electron chi connectivity index (χ1n) is 9.06. The normalized spacial score (nSPS) is 13.1. The van der Waals surface area contributed by atoms with Gasteiger partial charge >= 0.3 is 0 Å². The number of aliphatic imine (C=N–C) groups is 1. The summed E-state index contributed by atoms with van der Waals surface area (Å²) >= 11 is 1.62. The SMILES string of the molecule is CCOc1ncccc1C(=NC#N)N=c1sc(C(C)(C)C)cn1CC(C)C. The van der Waals surface area contributed by atoms with Gasteiger partial charge in [0, 0.05) is 23.8 Å². The highest BCUT2D eigenvalue weighted by atomic mass is 32.1. The van der Waals surface area contributed by atoms with Crippen LogP contribution in [0.15, 0.2) is 34.5 Å². The highest BCUT2D eigenvalue weighted by Gasteiger charge is 2.19. The quantitative estimate of drug-likeness (QED) is 0.441. The molecular weight excluding hydrogens is 358 g/mol. The third-order valence-corrected chi connectivity index (χ3v) is 5.12. The van der Waals surface area contributed by atoms with Gasteiger partial charge in [0.2, 0.25) is 12.1 Å². The van der Waals surface area contributed by atoms with Gasteiger partial charge in [-0.1, -0.05) is 34.6 Å². The van der Waals surface area contributed by atoms with Gasteiger partial charge < -0.3 is 9.30 Å². The number of rotatable bonds is 5. The molecule has 0 saturated carbocycles. The average molecular weight is 386 g/mol. The Morgan fingerprint density at radius 3 is 2.74 bits per heavy atom. The maximum atomic E-state index is 9.18. The summed E-state index contributed by atoms with van der Waals surface area (Å²) in [6, 6.07) is 3.61. The van der Waals surface area contributed by atoms with Gasteiger partial charge in [-0.15, -0.1) is 11.3 Å². The molecule has 2 heterocycles. The van der Waals surface area contributed by atoms with Crippen LogP contribution in [-0.4, -0.2) is 22.0 Å². The van der Waals surface area contributed by atoms with E-state index in [1.807, 2.05) is 19.2 Å². The van der Waals surface area contributed by atoms with Gasteiger partial charge in [0.1, 0.15) is 0 Å². The van der Waals surface area contributed by atoms with Gasteiger partial charge in [0.15, 0.2) is 10.6 Å². The predicted octanol–water partition coefficient (Wildman–Crippen LogP) is 4.13. The number of aromatic nitrogens is 2. The van der Waals surface area contributed by atoms with E-state index in [1.54, 1.807) is 23.6 Å². The summed E-state index contributed by atoms with van der Waals surface area (Å²) in [5.74, 6) is 1.22. The van der Waals surface area contributed by atoms with Crippen molar-refractivity contribution in [2.24, 2.45) is 15.9 Å².